The van der Waals surface area contributed by atoms with Crippen molar-refractivity contribution in [2.24, 2.45) is 5.16 Å². The van der Waals surface area contributed by atoms with Gasteiger partial charge in [0.15, 0.2) is 0 Å². The van der Waals surface area contributed by atoms with E-state index in [1.165, 1.54) is 7.11 Å². The van der Waals surface area contributed by atoms with Gasteiger partial charge in [-0.25, -0.2) is 0 Å². The van der Waals surface area contributed by atoms with Crippen molar-refractivity contribution in [3.05, 3.63) is 41.5 Å². The van der Waals surface area contributed by atoms with E-state index in [1.54, 1.807) is 0 Å². The Bertz CT molecular complexity index is 487. The van der Waals surface area contributed by atoms with Crippen LogP contribution in [-0.2, 0) is 4.84 Å². The molecule has 0 bridgehead atoms. The zero-order chi connectivity index (χ0) is 12.1. The highest BCUT2D eigenvalue weighted by Gasteiger charge is 2.08. The van der Waals surface area contributed by atoms with E-state index in [2.05, 4.69) is 11.2 Å². The van der Waals surface area contributed by atoms with Crippen LogP contribution in [0.25, 0.3) is 12.2 Å². The topological polar surface area (TPSA) is 30.8 Å². The second-order valence-corrected chi connectivity index (χ2v) is 3.73. The fraction of sp³-hybridized carbons (Fsp3) is 0.214. The summed E-state index contributed by atoms with van der Waals surface area (Å²) in [4.78, 5) is 4.70. The van der Waals surface area contributed by atoms with E-state index >= 15 is 0 Å². The van der Waals surface area contributed by atoms with Crippen LogP contribution in [0.1, 0.15) is 18.1 Å². The Morgan fingerprint density at radius 3 is 3.18 bits per heavy atom. The molecule has 88 valence electrons. The number of fused-ring (bicyclic) bond motifs is 1. The largest absolute Gasteiger partial charge is 0.488 e. The highest BCUT2D eigenvalue weighted by atomic mass is 16.6. The Morgan fingerprint density at radius 2 is 2.35 bits per heavy atom. The van der Waals surface area contributed by atoms with Crippen molar-refractivity contribution in [2.75, 3.05) is 13.7 Å². The maximum Gasteiger partial charge on any atom is 0.134 e. The number of oxime groups is 1. The standard InChI is InChI=1S/C14H15NO2/c1-11(15-16-2)8-9-13-6-3-5-12-7-4-10-17-14(12)13/h3-9H,10H2,1-2H3/b9-8+,15-11+. The molecule has 17 heavy (non-hydrogen) atoms. The lowest BCUT2D eigenvalue weighted by molar-refractivity contribution is 0.213. The first kappa shape index (κ1) is 11.5. The van der Waals surface area contributed by atoms with Crippen LogP contribution in [0.15, 0.2) is 35.5 Å². The van der Waals surface area contributed by atoms with Gasteiger partial charge in [-0.3, -0.25) is 0 Å². The molecule has 0 saturated heterocycles. The van der Waals surface area contributed by atoms with Crippen LogP contribution in [0.3, 0.4) is 0 Å². The molecule has 0 N–H and O–H groups in total. The summed E-state index contributed by atoms with van der Waals surface area (Å²) in [6.07, 6.45) is 7.97. The third-order valence-corrected chi connectivity index (χ3v) is 2.44. The maximum atomic E-state index is 5.64. The Hall–Kier alpha value is -2.03. The molecule has 0 spiro atoms. The molecular weight excluding hydrogens is 214 g/mol. The van der Waals surface area contributed by atoms with E-state index in [0.717, 1.165) is 22.6 Å². The summed E-state index contributed by atoms with van der Waals surface area (Å²) in [5.41, 5.74) is 2.98. The van der Waals surface area contributed by atoms with Gasteiger partial charge in [0.05, 0.1) is 5.71 Å². The van der Waals surface area contributed by atoms with Crippen molar-refractivity contribution >= 4 is 17.9 Å². The van der Waals surface area contributed by atoms with Crippen molar-refractivity contribution in [3.8, 4) is 5.75 Å². The fourth-order valence-electron chi connectivity index (χ4n) is 1.69. The second-order valence-electron chi connectivity index (χ2n) is 3.73. The first-order chi connectivity index (χ1) is 8.31. The molecule has 1 aromatic carbocycles. The molecule has 1 aliphatic rings. The summed E-state index contributed by atoms with van der Waals surface area (Å²) in [5.74, 6) is 0.927. The van der Waals surface area contributed by atoms with E-state index in [9.17, 15) is 0 Å². The van der Waals surface area contributed by atoms with E-state index in [0.29, 0.717) is 6.61 Å². The third kappa shape index (κ3) is 2.75. The fourth-order valence-corrected chi connectivity index (χ4v) is 1.69. The Labute approximate surface area is 101 Å². The summed E-state index contributed by atoms with van der Waals surface area (Å²) in [6, 6.07) is 6.08. The monoisotopic (exact) mass is 229 g/mol. The van der Waals surface area contributed by atoms with Gasteiger partial charge in [-0.05, 0) is 25.2 Å². The van der Waals surface area contributed by atoms with Crippen LogP contribution >= 0.6 is 0 Å². The Balaban J connectivity index is 2.28. The molecule has 0 unspecified atom stereocenters. The minimum atomic E-state index is 0.628. The number of nitrogens with zero attached hydrogens (tertiary/aromatic N) is 1. The molecule has 2 rings (SSSR count). The average Bonchev–Trinajstić information content (AvgIpc) is 2.36. The van der Waals surface area contributed by atoms with Crippen molar-refractivity contribution in [1.29, 1.82) is 0 Å². The molecule has 1 aliphatic heterocycles. The molecule has 0 fully saturated rings. The maximum absolute atomic E-state index is 5.64. The second kappa shape index (κ2) is 5.34. The van der Waals surface area contributed by atoms with Crippen molar-refractivity contribution in [3.63, 3.8) is 0 Å². The van der Waals surface area contributed by atoms with E-state index < -0.39 is 0 Å². The normalized spacial score (nSPS) is 14.6. The first-order valence-corrected chi connectivity index (χ1v) is 5.49. The molecule has 0 amide bonds. The Morgan fingerprint density at radius 1 is 1.47 bits per heavy atom. The van der Waals surface area contributed by atoms with Gasteiger partial charge in [-0.1, -0.05) is 29.4 Å². The van der Waals surface area contributed by atoms with Gasteiger partial charge in [-0.15, -0.1) is 0 Å². The van der Waals surface area contributed by atoms with Crippen LogP contribution in [0, 0.1) is 0 Å². The summed E-state index contributed by atoms with van der Waals surface area (Å²) in [6.45, 7) is 2.51. The number of hydrogen-bond donors (Lipinski definition) is 0. The first-order valence-electron chi connectivity index (χ1n) is 5.49. The van der Waals surface area contributed by atoms with Crippen LogP contribution < -0.4 is 4.74 Å². The molecule has 3 heteroatoms. The Kier molecular flexibility index (Phi) is 3.60. The molecule has 0 aliphatic carbocycles. The number of para-hydroxylation sites is 1. The van der Waals surface area contributed by atoms with Gasteiger partial charge in [0, 0.05) is 11.1 Å². The summed E-state index contributed by atoms with van der Waals surface area (Å²) < 4.78 is 5.64. The summed E-state index contributed by atoms with van der Waals surface area (Å²) in [5, 5.41) is 3.83. The SMILES string of the molecule is CO/N=C(C)/C=C/c1cccc2c1OCC=C2. The van der Waals surface area contributed by atoms with Gasteiger partial charge >= 0.3 is 0 Å². The predicted molar refractivity (Wildman–Crippen MR) is 70.1 cm³/mol. The molecule has 0 aromatic heterocycles. The van der Waals surface area contributed by atoms with Crippen LogP contribution in [0.5, 0.6) is 5.75 Å². The number of allylic oxidation sites excluding steroid dienone is 1. The zero-order valence-corrected chi connectivity index (χ0v) is 10.0. The van der Waals surface area contributed by atoms with Crippen molar-refractivity contribution in [1.82, 2.24) is 0 Å². The number of benzene rings is 1. The highest BCUT2D eigenvalue weighted by Crippen LogP contribution is 2.28. The van der Waals surface area contributed by atoms with E-state index in [-0.39, 0.29) is 0 Å². The molecule has 3 nitrogen and oxygen atoms in total. The molecule has 0 saturated carbocycles. The van der Waals surface area contributed by atoms with Crippen LogP contribution in [0.4, 0.5) is 0 Å². The minimum absolute atomic E-state index is 0.628. The van der Waals surface area contributed by atoms with Crippen LogP contribution in [0.2, 0.25) is 0 Å². The van der Waals surface area contributed by atoms with Gasteiger partial charge in [0.25, 0.3) is 0 Å². The average molecular weight is 229 g/mol. The van der Waals surface area contributed by atoms with Gasteiger partial charge in [-0.2, -0.15) is 0 Å². The smallest absolute Gasteiger partial charge is 0.134 e. The van der Waals surface area contributed by atoms with Crippen molar-refractivity contribution in [2.45, 2.75) is 6.92 Å². The molecule has 1 aromatic rings. The molecular formula is C14H15NO2. The van der Waals surface area contributed by atoms with Crippen LogP contribution in [-0.4, -0.2) is 19.4 Å². The van der Waals surface area contributed by atoms with Gasteiger partial charge in [0.1, 0.15) is 19.5 Å². The molecule has 0 atom stereocenters. The third-order valence-electron chi connectivity index (χ3n) is 2.44. The lowest BCUT2D eigenvalue weighted by Crippen LogP contribution is -2.01. The molecule has 0 radical (unpaired) electrons. The molecule has 1 heterocycles. The van der Waals surface area contributed by atoms with E-state index in [1.807, 2.05) is 43.4 Å². The summed E-state index contributed by atoms with van der Waals surface area (Å²) in [7, 11) is 1.54. The quantitative estimate of drug-likeness (QED) is 0.589. The zero-order valence-electron chi connectivity index (χ0n) is 10.0. The minimum Gasteiger partial charge on any atom is -0.488 e. The highest BCUT2D eigenvalue weighted by molar-refractivity contribution is 5.96. The summed E-state index contributed by atoms with van der Waals surface area (Å²) >= 11 is 0. The number of rotatable bonds is 3. The lowest BCUT2D eigenvalue weighted by atomic mass is 10.1. The number of ether oxygens (including phenoxy) is 1. The predicted octanol–water partition coefficient (Wildman–Crippen LogP) is 3.13. The lowest BCUT2D eigenvalue weighted by Gasteiger charge is -2.14. The van der Waals surface area contributed by atoms with Crippen molar-refractivity contribution < 1.29 is 9.57 Å². The van der Waals surface area contributed by atoms with Gasteiger partial charge < -0.3 is 9.57 Å². The number of hydrogen-bond acceptors (Lipinski definition) is 3. The van der Waals surface area contributed by atoms with E-state index in [4.69, 9.17) is 9.57 Å². The van der Waals surface area contributed by atoms with Gasteiger partial charge in [0.2, 0.25) is 0 Å².